The number of aromatic hydroxyl groups is 1. The lowest BCUT2D eigenvalue weighted by Gasteiger charge is -2.36. The molecule has 1 aliphatic carbocycles. The number of hydrogen-bond acceptors (Lipinski definition) is 3. The fourth-order valence-corrected chi connectivity index (χ4v) is 2.77. The average Bonchev–Trinajstić information content (AvgIpc) is 3.34. The maximum Gasteiger partial charge on any atom is 0.242 e. The molecule has 0 aromatic heterocycles. The number of nitrogens with zero attached hydrogens (tertiary/aromatic N) is 3. The summed E-state index contributed by atoms with van der Waals surface area (Å²) in [6.45, 7) is 2.61. The van der Waals surface area contributed by atoms with E-state index in [1.165, 1.54) is 0 Å². The van der Waals surface area contributed by atoms with Crippen molar-refractivity contribution in [3.8, 4) is 5.75 Å². The van der Waals surface area contributed by atoms with Crippen LogP contribution in [0.25, 0.3) is 0 Å². The summed E-state index contributed by atoms with van der Waals surface area (Å²) in [5.41, 5.74) is 1.06. The Hall–Kier alpha value is -2.24. The Labute approximate surface area is 130 Å². The topological polar surface area (TPSA) is 68.2 Å². The van der Waals surface area contributed by atoms with E-state index in [1.807, 2.05) is 21.9 Å². The number of benzene rings is 1. The van der Waals surface area contributed by atoms with Gasteiger partial charge in [0.05, 0.1) is 6.54 Å². The molecule has 1 aliphatic heterocycles. The largest absolute Gasteiger partial charge is 0.508 e. The Balaban J connectivity index is 1.55. The van der Waals surface area contributed by atoms with Gasteiger partial charge in [0.15, 0.2) is 5.96 Å². The summed E-state index contributed by atoms with van der Waals surface area (Å²) in [7, 11) is 1.73. The summed E-state index contributed by atoms with van der Waals surface area (Å²) in [5, 5.41) is 12.6. The normalized spacial score (nSPS) is 19.5. The van der Waals surface area contributed by atoms with Gasteiger partial charge in [-0.3, -0.25) is 9.79 Å². The number of carbonyl (C=O) groups is 1. The van der Waals surface area contributed by atoms with E-state index in [1.54, 1.807) is 19.2 Å². The highest BCUT2D eigenvalue weighted by Crippen LogP contribution is 2.28. The van der Waals surface area contributed by atoms with E-state index < -0.39 is 0 Å². The molecule has 1 saturated heterocycles. The Bertz CT molecular complexity index is 566. The zero-order chi connectivity index (χ0) is 15.5. The average molecular weight is 302 g/mol. The number of guanidine groups is 1. The van der Waals surface area contributed by atoms with E-state index in [-0.39, 0.29) is 11.7 Å². The van der Waals surface area contributed by atoms with Crippen LogP contribution in [0.4, 0.5) is 0 Å². The Morgan fingerprint density at radius 1 is 1.32 bits per heavy atom. The van der Waals surface area contributed by atoms with Crippen molar-refractivity contribution in [1.29, 1.82) is 0 Å². The van der Waals surface area contributed by atoms with Crippen molar-refractivity contribution < 1.29 is 9.90 Å². The van der Waals surface area contributed by atoms with Crippen molar-refractivity contribution in [1.82, 2.24) is 15.1 Å². The number of amides is 1. The predicted octanol–water partition coefficient (Wildman–Crippen LogP) is 0.774. The molecule has 1 heterocycles. The maximum atomic E-state index is 12.2. The van der Waals surface area contributed by atoms with Crippen LogP contribution in [0.2, 0.25) is 0 Å². The number of nitrogens with one attached hydrogen (secondary N) is 1. The van der Waals surface area contributed by atoms with Crippen molar-refractivity contribution in [3.05, 3.63) is 29.8 Å². The number of rotatable bonds is 3. The summed E-state index contributed by atoms with van der Waals surface area (Å²) in [4.78, 5) is 20.5. The molecule has 2 fully saturated rings. The zero-order valence-corrected chi connectivity index (χ0v) is 12.8. The molecule has 6 nitrogen and oxygen atoms in total. The van der Waals surface area contributed by atoms with Gasteiger partial charge >= 0.3 is 0 Å². The van der Waals surface area contributed by atoms with Gasteiger partial charge in [0, 0.05) is 32.7 Å². The van der Waals surface area contributed by atoms with Crippen molar-refractivity contribution in [3.63, 3.8) is 0 Å². The molecule has 1 amide bonds. The molecule has 1 saturated carbocycles. The van der Waals surface area contributed by atoms with Crippen LogP contribution in [0.5, 0.6) is 5.75 Å². The van der Waals surface area contributed by atoms with Crippen LogP contribution in [-0.2, 0) is 11.3 Å². The van der Waals surface area contributed by atoms with Crippen LogP contribution in [0, 0.1) is 0 Å². The molecular formula is C16H22N4O2. The highest BCUT2D eigenvalue weighted by Gasteiger charge is 2.36. The second kappa shape index (κ2) is 6.25. The van der Waals surface area contributed by atoms with Crippen LogP contribution >= 0.6 is 0 Å². The van der Waals surface area contributed by atoms with E-state index in [0.29, 0.717) is 19.1 Å². The second-order valence-electron chi connectivity index (χ2n) is 5.81. The van der Waals surface area contributed by atoms with Crippen molar-refractivity contribution in [2.75, 3.05) is 26.7 Å². The summed E-state index contributed by atoms with van der Waals surface area (Å²) in [5.74, 6) is 1.20. The fraction of sp³-hybridized carbons (Fsp3) is 0.500. The first-order chi connectivity index (χ1) is 10.7. The van der Waals surface area contributed by atoms with Gasteiger partial charge < -0.3 is 20.2 Å². The number of carbonyl (C=O) groups excluding carboxylic acids is 1. The molecule has 2 aliphatic rings. The lowest BCUT2D eigenvalue weighted by Crippen LogP contribution is -2.55. The molecule has 6 heteroatoms. The number of phenols is 1. The number of piperazine rings is 1. The van der Waals surface area contributed by atoms with Crippen LogP contribution in [0.3, 0.4) is 0 Å². The number of aliphatic imine (C=N–C) groups is 1. The number of phenolic OH excluding ortho intramolecular Hbond substituents is 1. The fourth-order valence-electron chi connectivity index (χ4n) is 2.77. The third-order valence-electron chi connectivity index (χ3n) is 4.14. The summed E-state index contributed by atoms with van der Waals surface area (Å²) < 4.78 is 0. The van der Waals surface area contributed by atoms with E-state index in [4.69, 9.17) is 0 Å². The second-order valence-corrected chi connectivity index (χ2v) is 5.81. The number of hydrogen-bond donors (Lipinski definition) is 2. The van der Waals surface area contributed by atoms with Gasteiger partial charge in [0.1, 0.15) is 5.75 Å². The van der Waals surface area contributed by atoms with Gasteiger partial charge in [0.2, 0.25) is 5.91 Å². The van der Waals surface area contributed by atoms with E-state index in [0.717, 1.165) is 37.5 Å². The first-order valence-electron chi connectivity index (χ1n) is 7.70. The maximum absolute atomic E-state index is 12.2. The van der Waals surface area contributed by atoms with Gasteiger partial charge in [-0.25, -0.2) is 0 Å². The Morgan fingerprint density at radius 2 is 2.05 bits per heavy atom. The third kappa shape index (κ3) is 3.32. The summed E-state index contributed by atoms with van der Waals surface area (Å²) in [6.07, 6.45) is 2.30. The van der Waals surface area contributed by atoms with Gasteiger partial charge in [-0.2, -0.15) is 0 Å². The van der Waals surface area contributed by atoms with Gasteiger partial charge in [-0.1, -0.05) is 12.1 Å². The van der Waals surface area contributed by atoms with Crippen LogP contribution in [0.1, 0.15) is 18.4 Å². The molecule has 2 N–H and O–H groups in total. The lowest BCUT2D eigenvalue weighted by atomic mass is 10.2. The first kappa shape index (κ1) is 14.7. The van der Waals surface area contributed by atoms with E-state index in [9.17, 15) is 9.90 Å². The molecule has 118 valence electrons. The van der Waals surface area contributed by atoms with Crippen molar-refractivity contribution in [2.24, 2.45) is 4.99 Å². The molecule has 0 atom stereocenters. The minimum Gasteiger partial charge on any atom is -0.508 e. The molecule has 0 radical (unpaired) electrons. The molecule has 0 unspecified atom stereocenters. The predicted molar refractivity (Wildman–Crippen MR) is 84.6 cm³/mol. The molecule has 0 spiro atoms. The summed E-state index contributed by atoms with van der Waals surface area (Å²) >= 11 is 0. The highest BCUT2D eigenvalue weighted by molar-refractivity contribution is 5.87. The standard InChI is InChI=1S/C16H22N4O2/c1-17-16(18-10-12-2-6-14(21)7-3-12)19-8-9-20(13-4-5-13)15(22)11-19/h2-3,6-7,13,21H,4-5,8-11H2,1H3,(H,17,18). The Morgan fingerprint density at radius 3 is 2.64 bits per heavy atom. The lowest BCUT2D eigenvalue weighted by molar-refractivity contribution is -0.135. The van der Waals surface area contributed by atoms with Crippen molar-refractivity contribution >= 4 is 11.9 Å². The Kier molecular flexibility index (Phi) is 4.18. The van der Waals surface area contributed by atoms with E-state index in [2.05, 4.69) is 10.3 Å². The zero-order valence-electron chi connectivity index (χ0n) is 12.8. The molecule has 1 aromatic rings. The third-order valence-corrected chi connectivity index (χ3v) is 4.14. The first-order valence-corrected chi connectivity index (χ1v) is 7.70. The van der Waals surface area contributed by atoms with Gasteiger partial charge in [0.25, 0.3) is 0 Å². The van der Waals surface area contributed by atoms with Crippen molar-refractivity contribution in [2.45, 2.75) is 25.4 Å². The minimum atomic E-state index is 0.196. The monoisotopic (exact) mass is 302 g/mol. The molecule has 3 rings (SSSR count). The molecular weight excluding hydrogens is 280 g/mol. The summed E-state index contributed by atoms with van der Waals surface area (Å²) in [6, 6.07) is 7.55. The van der Waals surface area contributed by atoms with E-state index >= 15 is 0 Å². The van der Waals surface area contributed by atoms with Crippen LogP contribution < -0.4 is 5.32 Å². The highest BCUT2D eigenvalue weighted by atomic mass is 16.3. The SMILES string of the molecule is CN=C(NCc1ccc(O)cc1)N1CCN(C2CC2)C(=O)C1. The van der Waals surface area contributed by atoms with Crippen LogP contribution in [-0.4, -0.2) is 59.5 Å². The van der Waals surface area contributed by atoms with Crippen LogP contribution in [0.15, 0.2) is 29.3 Å². The van der Waals surface area contributed by atoms with Gasteiger partial charge in [-0.15, -0.1) is 0 Å². The smallest absolute Gasteiger partial charge is 0.242 e. The van der Waals surface area contributed by atoms with Gasteiger partial charge in [-0.05, 0) is 30.5 Å². The minimum absolute atomic E-state index is 0.196. The quantitative estimate of drug-likeness (QED) is 0.639. The molecule has 0 bridgehead atoms. The molecule has 1 aromatic carbocycles. The molecule has 22 heavy (non-hydrogen) atoms.